The van der Waals surface area contributed by atoms with Crippen molar-refractivity contribution < 1.29 is 9.53 Å². The number of methoxy groups -OCH3 is 1. The predicted octanol–water partition coefficient (Wildman–Crippen LogP) is 2.17. The first kappa shape index (κ1) is 17.8. The Morgan fingerprint density at radius 3 is 2.86 bits per heavy atom. The van der Waals surface area contributed by atoms with Crippen molar-refractivity contribution in [1.82, 2.24) is 10.6 Å². The first-order chi connectivity index (χ1) is 9.63. The van der Waals surface area contributed by atoms with E-state index in [1.165, 1.54) is 6.42 Å². The Balaban J connectivity index is 0.00000220. The van der Waals surface area contributed by atoms with Crippen molar-refractivity contribution >= 4 is 18.3 Å². The minimum Gasteiger partial charge on any atom is -0.496 e. The standard InChI is InChI=1S/C16H24N2O2.ClH/c1-16(8-5-9-17-11-16)12-18-15(19)10-13-6-3-4-7-14(13)20-2;/h3-4,6-7,17H,5,8-12H2,1-2H3,(H,18,19);1H. The van der Waals surface area contributed by atoms with Gasteiger partial charge in [-0.25, -0.2) is 0 Å². The monoisotopic (exact) mass is 312 g/mol. The lowest BCUT2D eigenvalue weighted by molar-refractivity contribution is -0.121. The second kappa shape index (κ2) is 8.25. The van der Waals surface area contributed by atoms with Crippen LogP contribution in [0.25, 0.3) is 0 Å². The third-order valence-electron chi connectivity index (χ3n) is 3.94. The van der Waals surface area contributed by atoms with E-state index in [9.17, 15) is 4.79 Å². The summed E-state index contributed by atoms with van der Waals surface area (Å²) < 4.78 is 5.27. The van der Waals surface area contributed by atoms with Crippen LogP contribution in [0.3, 0.4) is 0 Å². The van der Waals surface area contributed by atoms with Crippen LogP contribution in [0.15, 0.2) is 24.3 Å². The molecule has 2 rings (SSSR count). The van der Waals surface area contributed by atoms with Crippen molar-refractivity contribution in [3.63, 3.8) is 0 Å². The first-order valence-electron chi connectivity index (χ1n) is 7.22. The molecule has 0 spiro atoms. The molecule has 1 aromatic rings. The summed E-state index contributed by atoms with van der Waals surface area (Å²) in [5.41, 5.74) is 1.11. The van der Waals surface area contributed by atoms with Gasteiger partial charge in [-0.3, -0.25) is 4.79 Å². The summed E-state index contributed by atoms with van der Waals surface area (Å²) in [6.07, 6.45) is 2.71. The summed E-state index contributed by atoms with van der Waals surface area (Å²) in [7, 11) is 1.63. The molecule has 5 heteroatoms. The number of rotatable bonds is 5. The van der Waals surface area contributed by atoms with E-state index in [4.69, 9.17) is 4.74 Å². The van der Waals surface area contributed by atoms with Crippen LogP contribution in [0, 0.1) is 5.41 Å². The number of carbonyl (C=O) groups is 1. The number of hydrogen-bond donors (Lipinski definition) is 2. The highest BCUT2D eigenvalue weighted by atomic mass is 35.5. The summed E-state index contributed by atoms with van der Waals surface area (Å²) in [4.78, 5) is 12.1. The average Bonchev–Trinajstić information content (AvgIpc) is 2.47. The van der Waals surface area contributed by atoms with Crippen molar-refractivity contribution in [2.45, 2.75) is 26.2 Å². The van der Waals surface area contributed by atoms with E-state index in [-0.39, 0.29) is 23.7 Å². The predicted molar refractivity (Wildman–Crippen MR) is 87.2 cm³/mol. The Hall–Kier alpha value is -1.26. The second-order valence-corrected chi connectivity index (χ2v) is 5.86. The van der Waals surface area contributed by atoms with Gasteiger partial charge in [0.15, 0.2) is 0 Å². The molecular weight excluding hydrogens is 288 g/mol. The van der Waals surface area contributed by atoms with Crippen molar-refractivity contribution in [3.8, 4) is 5.75 Å². The summed E-state index contributed by atoms with van der Waals surface area (Å²) in [6.45, 7) is 5.02. The molecule has 1 aliphatic heterocycles. The molecule has 1 unspecified atom stereocenters. The Labute approximate surface area is 133 Å². The smallest absolute Gasteiger partial charge is 0.224 e. The molecule has 0 bridgehead atoms. The Morgan fingerprint density at radius 1 is 1.43 bits per heavy atom. The molecular formula is C16H25ClN2O2. The summed E-state index contributed by atoms with van der Waals surface area (Å²) in [5, 5.41) is 6.45. The van der Waals surface area contributed by atoms with Crippen molar-refractivity contribution in [2.75, 3.05) is 26.7 Å². The number of hydrogen-bond acceptors (Lipinski definition) is 3. The number of ether oxygens (including phenoxy) is 1. The number of carbonyl (C=O) groups excluding carboxylic acids is 1. The largest absolute Gasteiger partial charge is 0.496 e. The molecule has 21 heavy (non-hydrogen) atoms. The van der Waals surface area contributed by atoms with E-state index in [1.807, 2.05) is 24.3 Å². The van der Waals surface area contributed by atoms with Crippen LogP contribution in [-0.4, -0.2) is 32.7 Å². The zero-order valence-corrected chi connectivity index (χ0v) is 13.6. The highest BCUT2D eigenvalue weighted by molar-refractivity contribution is 5.85. The highest BCUT2D eigenvalue weighted by Gasteiger charge is 2.27. The zero-order chi connectivity index (χ0) is 14.4. The van der Waals surface area contributed by atoms with E-state index in [1.54, 1.807) is 7.11 Å². The van der Waals surface area contributed by atoms with Gasteiger partial charge < -0.3 is 15.4 Å². The lowest BCUT2D eigenvalue weighted by atomic mass is 9.83. The molecule has 1 amide bonds. The van der Waals surface area contributed by atoms with Crippen LogP contribution in [0.5, 0.6) is 5.75 Å². The van der Waals surface area contributed by atoms with Crippen LogP contribution in [0.2, 0.25) is 0 Å². The third-order valence-corrected chi connectivity index (χ3v) is 3.94. The third kappa shape index (κ3) is 5.21. The van der Waals surface area contributed by atoms with Gasteiger partial charge in [0.1, 0.15) is 5.75 Å². The lowest BCUT2D eigenvalue weighted by Crippen LogP contribution is -2.45. The Morgan fingerprint density at radius 2 is 2.19 bits per heavy atom. The summed E-state index contributed by atoms with van der Waals surface area (Å²) in [5.74, 6) is 0.828. The molecule has 2 N–H and O–H groups in total. The van der Waals surface area contributed by atoms with Gasteiger partial charge in [-0.1, -0.05) is 25.1 Å². The fraction of sp³-hybridized carbons (Fsp3) is 0.562. The minimum absolute atomic E-state index is 0. The molecule has 118 valence electrons. The zero-order valence-electron chi connectivity index (χ0n) is 12.8. The fourth-order valence-corrected chi connectivity index (χ4v) is 2.67. The lowest BCUT2D eigenvalue weighted by Gasteiger charge is -2.34. The van der Waals surface area contributed by atoms with E-state index in [0.29, 0.717) is 6.42 Å². The average molecular weight is 313 g/mol. The molecule has 0 saturated carbocycles. The van der Waals surface area contributed by atoms with Crippen molar-refractivity contribution in [3.05, 3.63) is 29.8 Å². The Bertz CT molecular complexity index is 459. The quantitative estimate of drug-likeness (QED) is 0.876. The number of amides is 1. The summed E-state index contributed by atoms with van der Waals surface area (Å²) in [6, 6.07) is 7.66. The van der Waals surface area contributed by atoms with Crippen LogP contribution in [-0.2, 0) is 11.2 Å². The maximum atomic E-state index is 12.1. The van der Waals surface area contributed by atoms with E-state index in [0.717, 1.165) is 37.4 Å². The van der Waals surface area contributed by atoms with Gasteiger partial charge in [-0.05, 0) is 30.9 Å². The molecule has 0 radical (unpaired) electrons. The van der Waals surface area contributed by atoms with Gasteiger partial charge in [0, 0.05) is 18.7 Å². The maximum absolute atomic E-state index is 12.1. The van der Waals surface area contributed by atoms with Gasteiger partial charge in [0.05, 0.1) is 13.5 Å². The van der Waals surface area contributed by atoms with E-state index >= 15 is 0 Å². The SMILES string of the molecule is COc1ccccc1CC(=O)NCC1(C)CCCNC1.Cl. The highest BCUT2D eigenvalue weighted by Crippen LogP contribution is 2.24. The topological polar surface area (TPSA) is 50.4 Å². The molecule has 1 fully saturated rings. The molecule has 1 aliphatic rings. The van der Waals surface area contributed by atoms with Gasteiger partial charge in [0.2, 0.25) is 5.91 Å². The van der Waals surface area contributed by atoms with Crippen LogP contribution in [0.4, 0.5) is 0 Å². The van der Waals surface area contributed by atoms with Crippen LogP contribution >= 0.6 is 12.4 Å². The number of benzene rings is 1. The number of halogens is 1. The molecule has 0 aliphatic carbocycles. The normalized spacial score (nSPS) is 21.2. The van der Waals surface area contributed by atoms with Gasteiger partial charge >= 0.3 is 0 Å². The van der Waals surface area contributed by atoms with Crippen LogP contribution < -0.4 is 15.4 Å². The first-order valence-corrected chi connectivity index (χ1v) is 7.22. The molecule has 1 aromatic carbocycles. The number of nitrogens with one attached hydrogen (secondary N) is 2. The van der Waals surface area contributed by atoms with Crippen LogP contribution in [0.1, 0.15) is 25.3 Å². The van der Waals surface area contributed by atoms with Crippen molar-refractivity contribution in [1.29, 1.82) is 0 Å². The van der Waals surface area contributed by atoms with E-state index < -0.39 is 0 Å². The summed E-state index contributed by atoms with van der Waals surface area (Å²) >= 11 is 0. The van der Waals surface area contributed by atoms with Gasteiger partial charge in [-0.2, -0.15) is 0 Å². The molecule has 1 saturated heterocycles. The molecule has 1 atom stereocenters. The van der Waals surface area contributed by atoms with Gasteiger partial charge in [0.25, 0.3) is 0 Å². The molecule has 1 heterocycles. The fourth-order valence-electron chi connectivity index (χ4n) is 2.67. The second-order valence-electron chi connectivity index (χ2n) is 5.86. The number of para-hydroxylation sites is 1. The number of piperidine rings is 1. The maximum Gasteiger partial charge on any atom is 0.224 e. The molecule has 0 aromatic heterocycles. The minimum atomic E-state index is 0. The Kier molecular flexibility index (Phi) is 6.99. The van der Waals surface area contributed by atoms with Gasteiger partial charge in [-0.15, -0.1) is 12.4 Å². The van der Waals surface area contributed by atoms with Crippen molar-refractivity contribution in [2.24, 2.45) is 5.41 Å². The van der Waals surface area contributed by atoms with E-state index in [2.05, 4.69) is 17.6 Å². The molecule has 4 nitrogen and oxygen atoms in total.